The molecule has 100 valence electrons. The van der Waals surface area contributed by atoms with Gasteiger partial charge in [0.25, 0.3) is 0 Å². The Morgan fingerprint density at radius 3 is 2.00 bits per heavy atom. The molecule has 2 aromatic rings. The molecule has 0 radical (unpaired) electrons. The Morgan fingerprint density at radius 2 is 1.50 bits per heavy atom. The van der Waals surface area contributed by atoms with Crippen LogP contribution in [0.5, 0.6) is 0 Å². The second kappa shape index (κ2) is 6.64. The largest absolute Gasteiger partial charge is 0.332 e. The Labute approximate surface area is 122 Å². The van der Waals surface area contributed by atoms with Gasteiger partial charge in [0.1, 0.15) is 5.82 Å². The van der Waals surface area contributed by atoms with E-state index >= 15 is 0 Å². The van der Waals surface area contributed by atoms with Gasteiger partial charge in [0.15, 0.2) is 5.11 Å². The Kier molecular flexibility index (Phi) is 4.64. The van der Waals surface area contributed by atoms with Crippen molar-refractivity contribution in [2.24, 2.45) is 0 Å². The Bertz CT molecular complexity index is 630. The molecule has 20 heavy (non-hydrogen) atoms. The number of anilines is 2. The quantitative estimate of drug-likeness (QED) is 0.844. The van der Waals surface area contributed by atoms with E-state index in [2.05, 4.69) is 16.7 Å². The van der Waals surface area contributed by atoms with E-state index in [1.54, 1.807) is 12.1 Å². The van der Waals surface area contributed by atoms with Crippen molar-refractivity contribution < 1.29 is 4.39 Å². The Morgan fingerprint density at radius 1 is 1.00 bits per heavy atom. The average Bonchev–Trinajstić information content (AvgIpc) is 2.44. The fraction of sp³-hybridized carbons (Fsp3) is 0.0667. The number of nitrogens with zero attached hydrogens (tertiary/aromatic N) is 1. The highest BCUT2D eigenvalue weighted by atomic mass is 32.1. The molecular formula is C15H12FN3S. The zero-order chi connectivity index (χ0) is 14.4. The fourth-order valence-electron chi connectivity index (χ4n) is 1.62. The van der Waals surface area contributed by atoms with Gasteiger partial charge in [-0.25, -0.2) is 4.39 Å². The van der Waals surface area contributed by atoms with Gasteiger partial charge >= 0.3 is 0 Å². The smallest absolute Gasteiger partial charge is 0.175 e. The highest BCUT2D eigenvalue weighted by molar-refractivity contribution is 7.80. The molecule has 0 aliphatic carbocycles. The lowest BCUT2D eigenvalue weighted by Crippen LogP contribution is -2.18. The summed E-state index contributed by atoms with van der Waals surface area (Å²) in [6, 6.07) is 15.5. The molecule has 0 aromatic heterocycles. The van der Waals surface area contributed by atoms with Gasteiger partial charge in [-0.15, -0.1) is 0 Å². The standard InChI is InChI=1S/C15H12FN3S/c16-12-3-7-14(8-4-12)19-15(20)18-13-5-1-11(2-6-13)9-10-17/h1-8H,9H2,(H2,18,19,20). The summed E-state index contributed by atoms with van der Waals surface area (Å²) in [4.78, 5) is 0. The molecular weight excluding hydrogens is 273 g/mol. The molecule has 0 saturated heterocycles. The van der Waals surface area contributed by atoms with E-state index in [4.69, 9.17) is 17.5 Å². The van der Waals surface area contributed by atoms with E-state index in [0.29, 0.717) is 17.2 Å². The summed E-state index contributed by atoms with van der Waals surface area (Å²) < 4.78 is 12.8. The third kappa shape index (κ3) is 4.04. The molecule has 0 saturated carbocycles. The van der Waals surface area contributed by atoms with Crippen molar-refractivity contribution in [3.8, 4) is 6.07 Å². The van der Waals surface area contributed by atoms with Crippen molar-refractivity contribution >= 4 is 28.7 Å². The van der Waals surface area contributed by atoms with E-state index in [0.717, 1.165) is 11.3 Å². The normalized spacial score (nSPS) is 9.60. The van der Waals surface area contributed by atoms with Crippen LogP contribution in [0.4, 0.5) is 15.8 Å². The predicted octanol–water partition coefficient (Wildman–Crippen LogP) is 3.70. The zero-order valence-corrected chi connectivity index (χ0v) is 11.4. The van der Waals surface area contributed by atoms with Crippen LogP contribution in [0.25, 0.3) is 0 Å². The Balaban J connectivity index is 1.94. The summed E-state index contributed by atoms with van der Waals surface area (Å²) in [6.45, 7) is 0. The summed E-state index contributed by atoms with van der Waals surface area (Å²) >= 11 is 5.17. The minimum absolute atomic E-state index is 0.289. The maximum Gasteiger partial charge on any atom is 0.175 e. The number of hydrogen-bond donors (Lipinski definition) is 2. The molecule has 2 N–H and O–H groups in total. The van der Waals surface area contributed by atoms with Gasteiger partial charge in [0.05, 0.1) is 12.5 Å². The van der Waals surface area contributed by atoms with E-state index < -0.39 is 0 Å². The zero-order valence-electron chi connectivity index (χ0n) is 10.6. The third-order valence-corrected chi connectivity index (χ3v) is 2.80. The minimum atomic E-state index is -0.289. The molecule has 5 heteroatoms. The third-order valence-electron chi connectivity index (χ3n) is 2.60. The summed E-state index contributed by atoms with van der Waals surface area (Å²) in [6.07, 6.45) is 0.387. The summed E-state index contributed by atoms with van der Waals surface area (Å²) in [5.41, 5.74) is 2.49. The van der Waals surface area contributed by atoms with Gasteiger partial charge in [-0.2, -0.15) is 5.26 Å². The second-order valence-corrected chi connectivity index (χ2v) is 4.53. The first-order chi connectivity index (χ1) is 9.67. The van der Waals surface area contributed by atoms with Crippen molar-refractivity contribution in [2.75, 3.05) is 10.6 Å². The average molecular weight is 285 g/mol. The van der Waals surface area contributed by atoms with Crippen LogP contribution in [0.2, 0.25) is 0 Å². The van der Waals surface area contributed by atoms with Crippen LogP contribution >= 0.6 is 12.2 Å². The van der Waals surface area contributed by atoms with Gasteiger partial charge in [-0.05, 0) is 54.2 Å². The predicted molar refractivity (Wildman–Crippen MR) is 82.0 cm³/mol. The van der Waals surface area contributed by atoms with Gasteiger partial charge in [-0.3, -0.25) is 0 Å². The molecule has 0 aliphatic heterocycles. The van der Waals surface area contributed by atoms with Crippen LogP contribution < -0.4 is 10.6 Å². The second-order valence-electron chi connectivity index (χ2n) is 4.12. The van der Waals surface area contributed by atoms with Crippen LogP contribution in [0, 0.1) is 17.1 Å². The minimum Gasteiger partial charge on any atom is -0.332 e. The van der Waals surface area contributed by atoms with E-state index in [9.17, 15) is 4.39 Å². The lowest BCUT2D eigenvalue weighted by atomic mass is 10.1. The van der Waals surface area contributed by atoms with Gasteiger partial charge in [0.2, 0.25) is 0 Å². The van der Waals surface area contributed by atoms with Gasteiger partial charge in [0, 0.05) is 11.4 Å². The molecule has 3 nitrogen and oxygen atoms in total. The summed E-state index contributed by atoms with van der Waals surface area (Å²) in [5, 5.41) is 15.0. The lowest BCUT2D eigenvalue weighted by molar-refractivity contribution is 0.628. The molecule has 2 rings (SSSR count). The number of nitriles is 1. The Hall–Kier alpha value is -2.45. The molecule has 0 spiro atoms. The van der Waals surface area contributed by atoms with Crippen molar-refractivity contribution in [2.45, 2.75) is 6.42 Å². The van der Waals surface area contributed by atoms with Crippen LogP contribution in [-0.4, -0.2) is 5.11 Å². The molecule has 0 fully saturated rings. The maximum atomic E-state index is 12.8. The molecule has 2 aromatic carbocycles. The number of hydrogen-bond acceptors (Lipinski definition) is 2. The first kappa shape index (κ1) is 14.0. The summed E-state index contributed by atoms with van der Waals surface area (Å²) in [7, 11) is 0. The van der Waals surface area contributed by atoms with Crippen LogP contribution in [-0.2, 0) is 6.42 Å². The van der Waals surface area contributed by atoms with Gasteiger partial charge < -0.3 is 10.6 Å². The van der Waals surface area contributed by atoms with E-state index in [-0.39, 0.29) is 5.82 Å². The van der Waals surface area contributed by atoms with E-state index in [1.165, 1.54) is 12.1 Å². The van der Waals surface area contributed by atoms with Crippen molar-refractivity contribution in [1.29, 1.82) is 5.26 Å². The topological polar surface area (TPSA) is 47.9 Å². The number of thiocarbonyl (C=S) groups is 1. The van der Waals surface area contributed by atoms with Gasteiger partial charge in [-0.1, -0.05) is 12.1 Å². The highest BCUT2D eigenvalue weighted by Crippen LogP contribution is 2.12. The molecule has 0 amide bonds. The molecule has 0 aliphatic rings. The van der Waals surface area contributed by atoms with Crippen LogP contribution in [0.15, 0.2) is 48.5 Å². The fourth-order valence-corrected chi connectivity index (χ4v) is 1.86. The van der Waals surface area contributed by atoms with Crippen molar-refractivity contribution in [3.63, 3.8) is 0 Å². The van der Waals surface area contributed by atoms with Crippen molar-refractivity contribution in [1.82, 2.24) is 0 Å². The maximum absolute atomic E-state index is 12.8. The molecule has 0 bridgehead atoms. The molecule has 0 unspecified atom stereocenters. The molecule has 0 atom stereocenters. The number of nitrogens with one attached hydrogen (secondary N) is 2. The van der Waals surface area contributed by atoms with Crippen LogP contribution in [0.3, 0.4) is 0 Å². The monoisotopic (exact) mass is 285 g/mol. The lowest BCUT2D eigenvalue weighted by Gasteiger charge is -2.10. The first-order valence-electron chi connectivity index (χ1n) is 5.97. The summed E-state index contributed by atoms with van der Waals surface area (Å²) in [5.74, 6) is -0.289. The number of benzene rings is 2. The first-order valence-corrected chi connectivity index (χ1v) is 6.37. The van der Waals surface area contributed by atoms with Crippen LogP contribution in [0.1, 0.15) is 5.56 Å². The SMILES string of the molecule is N#CCc1ccc(NC(=S)Nc2ccc(F)cc2)cc1. The van der Waals surface area contributed by atoms with E-state index in [1.807, 2.05) is 24.3 Å². The van der Waals surface area contributed by atoms with Crippen molar-refractivity contribution in [3.05, 3.63) is 59.9 Å². The highest BCUT2D eigenvalue weighted by Gasteiger charge is 2.00. The number of rotatable bonds is 3. The molecule has 0 heterocycles. The number of halogens is 1.